The third-order valence-electron chi connectivity index (χ3n) is 2.81. The van der Waals surface area contributed by atoms with Crippen LogP contribution in [0.15, 0.2) is 42.5 Å². The second-order valence-electron chi connectivity index (χ2n) is 4.27. The van der Waals surface area contributed by atoms with Gasteiger partial charge in [-0.05, 0) is 54.8 Å². The molecule has 0 saturated heterocycles. The molecule has 2 aromatic rings. The van der Waals surface area contributed by atoms with Gasteiger partial charge in [-0.15, -0.1) is 0 Å². The highest BCUT2D eigenvalue weighted by Gasteiger charge is 1.99. The molecule has 2 aromatic carbocycles. The van der Waals surface area contributed by atoms with Crippen LogP contribution >= 0.6 is 11.6 Å². The van der Waals surface area contributed by atoms with E-state index in [2.05, 4.69) is 5.32 Å². The predicted molar refractivity (Wildman–Crippen MR) is 74.8 cm³/mol. The number of benzene rings is 2. The Morgan fingerprint density at radius 3 is 2.50 bits per heavy atom. The average molecular weight is 264 g/mol. The lowest BCUT2D eigenvalue weighted by atomic mass is 10.1. The maximum absolute atomic E-state index is 13.1. The van der Waals surface area contributed by atoms with Gasteiger partial charge in [0.15, 0.2) is 0 Å². The number of aryl methyl sites for hydroxylation is 1. The number of rotatable bonds is 4. The molecule has 0 unspecified atom stereocenters. The van der Waals surface area contributed by atoms with Crippen LogP contribution in [0.3, 0.4) is 0 Å². The van der Waals surface area contributed by atoms with Gasteiger partial charge >= 0.3 is 0 Å². The van der Waals surface area contributed by atoms with Crippen molar-refractivity contribution in [3.63, 3.8) is 0 Å². The molecule has 0 amide bonds. The molecule has 0 bridgehead atoms. The van der Waals surface area contributed by atoms with Crippen molar-refractivity contribution in [1.82, 2.24) is 0 Å². The molecule has 0 atom stereocenters. The Balaban J connectivity index is 1.88. The van der Waals surface area contributed by atoms with Gasteiger partial charge in [-0.25, -0.2) is 4.39 Å². The van der Waals surface area contributed by atoms with Crippen molar-refractivity contribution in [3.8, 4) is 0 Å². The van der Waals surface area contributed by atoms with Crippen molar-refractivity contribution in [3.05, 3.63) is 64.4 Å². The zero-order valence-electron chi connectivity index (χ0n) is 10.2. The van der Waals surface area contributed by atoms with E-state index in [1.807, 2.05) is 30.3 Å². The van der Waals surface area contributed by atoms with Crippen molar-refractivity contribution in [2.75, 3.05) is 11.9 Å². The SMILES string of the molecule is Cc1cc(NCCc2ccc(Cl)cc2)ccc1F. The fourth-order valence-corrected chi connectivity index (χ4v) is 1.88. The molecule has 0 radical (unpaired) electrons. The molecule has 2 rings (SSSR count). The molecule has 3 heteroatoms. The van der Waals surface area contributed by atoms with E-state index in [0.717, 1.165) is 23.7 Å². The molecule has 0 spiro atoms. The molecule has 0 aromatic heterocycles. The minimum Gasteiger partial charge on any atom is -0.385 e. The summed E-state index contributed by atoms with van der Waals surface area (Å²) in [5.74, 6) is -0.168. The number of nitrogens with one attached hydrogen (secondary N) is 1. The maximum Gasteiger partial charge on any atom is 0.126 e. The van der Waals surface area contributed by atoms with Crippen molar-refractivity contribution in [2.45, 2.75) is 13.3 Å². The molecule has 1 nitrogen and oxygen atoms in total. The number of anilines is 1. The van der Waals surface area contributed by atoms with Crippen molar-refractivity contribution in [2.24, 2.45) is 0 Å². The zero-order chi connectivity index (χ0) is 13.0. The van der Waals surface area contributed by atoms with Crippen molar-refractivity contribution < 1.29 is 4.39 Å². The molecule has 1 N–H and O–H groups in total. The van der Waals surface area contributed by atoms with E-state index >= 15 is 0 Å². The Morgan fingerprint density at radius 2 is 1.83 bits per heavy atom. The summed E-state index contributed by atoms with van der Waals surface area (Å²) in [4.78, 5) is 0. The lowest BCUT2D eigenvalue weighted by Gasteiger charge is -2.07. The molecular weight excluding hydrogens is 249 g/mol. The third-order valence-corrected chi connectivity index (χ3v) is 3.07. The molecule has 0 aliphatic heterocycles. The van der Waals surface area contributed by atoms with Crippen LogP contribution < -0.4 is 5.32 Å². The normalized spacial score (nSPS) is 10.4. The van der Waals surface area contributed by atoms with Gasteiger partial charge in [0.05, 0.1) is 0 Å². The molecule has 0 aliphatic carbocycles. The lowest BCUT2D eigenvalue weighted by molar-refractivity contribution is 0.618. The summed E-state index contributed by atoms with van der Waals surface area (Å²) < 4.78 is 13.1. The Hall–Kier alpha value is -1.54. The molecule has 18 heavy (non-hydrogen) atoms. The van der Waals surface area contributed by atoms with Crippen LogP contribution in [0.4, 0.5) is 10.1 Å². The zero-order valence-corrected chi connectivity index (χ0v) is 11.0. The maximum atomic E-state index is 13.1. The minimum absolute atomic E-state index is 0.168. The molecule has 0 aliphatic rings. The van der Waals surface area contributed by atoms with Crippen LogP contribution in [0, 0.1) is 12.7 Å². The summed E-state index contributed by atoms with van der Waals surface area (Å²) in [5, 5.41) is 4.03. The van der Waals surface area contributed by atoms with Crippen molar-refractivity contribution in [1.29, 1.82) is 0 Å². The van der Waals surface area contributed by atoms with Gasteiger partial charge in [0.25, 0.3) is 0 Å². The lowest BCUT2D eigenvalue weighted by Crippen LogP contribution is -2.05. The Labute approximate surface area is 112 Å². The van der Waals surface area contributed by atoms with Crippen LogP contribution in [-0.4, -0.2) is 6.54 Å². The number of hydrogen-bond acceptors (Lipinski definition) is 1. The van der Waals surface area contributed by atoms with Crippen LogP contribution in [-0.2, 0) is 6.42 Å². The fraction of sp³-hybridized carbons (Fsp3) is 0.200. The Bertz CT molecular complexity index is 523. The van der Waals surface area contributed by atoms with Gasteiger partial charge in [-0.2, -0.15) is 0 Å². The summed E-state index contributed by atoms with van der Waals surface area (Å²) in [5.41, 5.74) is 2.83. The van der Waals surface area contributed by atoms with E-state index in [1.165, 1.54) is 11.6 Å². The highest BCUT2D eigenvalue weighted by molar-refractivity contribution is 6.30. The van der Waals surface area contributed by atoms with E-state index in [9.17, 15) is 4.39 Å². The Kier molecular flexibility index (Phi) is 4.21. The highest BCUT2D eigenvalue weighted by Crippen LogP contribution is 2.14. The quantitative estimate of drug-likeness (QED) is 0.860. The second kappa shape index (κ2) is 5.87. The van der Waals surface area contributed by atoms with Crippen LogP contribution in [0.5, 0.6) is 0 Å². The van der Waals surface area contributed by atoms with Crippen LogP contribution in [0.25, 0.3) is 0 Å². The van der Waals surface area contributed by atoms with Gasteiger partial charge in [-0.3, -0.25) is 0 Å². The van der Waals surface area contributed by atoms with E-state index in [1.54, 1.807) is 13.0 Å². The topological polar surface area (TPSA) is 12.0 Å². The summed E-state index contributed by atoms with van der Waals surface area (Å²) >= 11 is 5.82. The average Bonchev–Trinajstić information content (AvgIpc) is 2.36. The smallest absolute Gasteiger partial charge is 0.126 e. The van der Waals surface area contributed by atoms with Gasteiger partial charge in [0, 0.05) is 17.3 Å². The summed E-state index contributed by atoms with van der Waals surface area (Å²) in [6.45, 7) is 2.58. The Morgan fingerprint density at radius 1 is 1.11 bits per heavy atom. The number of halogens is 2. The second-order valence-corrected chi connectivity index (χ2v) is 4.70. The summed E-state index contributed by atoms with van der Waals surface area (Å²) in [6, 6.07) is 12.9. The number of hydrogen-bond donors (Lipinski definition) is 1. The first-order valence-corrected chi connectivity index (χ1v) is 6.27. The molecule has 0 saturated carbocycles. The first-order chi connectivity index (χ1) is 8.65. The predicted octanol–water partition coefficient (Wildman–Crippen LogP) is 4.44. The highest BCUT2D eigenvalue weighted by atomic mass is 35.5. The third kappa shape index (κ3) is 3.47. The molecule has 0 fully saturated rings. The first kappa shape index (κ1) is 12.9. The largest absolute Gasteiger partial charge is 0.385 e. The first-order valence-electron chi connectivity index (χ1n) is 5.89. The van der Waals surface area contributed by atoms with Gasteiger partial charge in [0.2, 0.25) is 0 Å². The summed E-state index contributed by atoms with van der Waals surface area (Å²) in [6.07, 6.45) is 0.910. The monoisotopic (exact) mass is 263 g/mol. The fourth-order valence-electron chi connectivity index (χ4n) is 1.76. The van der Waals surface area contributed by atoms with E-state index in [0.29, 0.717) is 5.56 Å². The van der Waals surface area contributed by atoms with Gasteiger partial charge in [-0.1, -0.05) is 23.7 Å². The van der Waals surface area contributed by atoms with Crippen molar-refractivity contribution >= 4 is 17.3 Å². The van der Waals surface area contributed by atoms with Gasteiger partial charge < -0.3 is 5.32 Å². The van der Waals surface area contributed by atoms with E-state index < -0.39 is 0 Å². The van der Waals surface area contributed by atoms with Gasteiger partial charge in [0.1, 0.15) is 5.82 Å². The van der Waals surface area contributed by atoms with E-state index in [-0.39, 0.29) is 5.82 Å². The standard InChI is InChI=1S/C15H15ClFN/c1-11-10-14(6-7-15(11)17)18-9-8-12-2-4-13(16)5-3-12/h2-7,10,18H,8-9H2,1H3. The summed E-state index contributed by atoms with van der Waals surface area (Å²) in [7, 11) is 0. The molecule has 0 heterocycles. The van der Waals surface area contributed by atoms with Crippen LogP contribution in [0.1, 0.15) is 11.1 Å². The van der Waals surface area contributed by atoms with Crippen LogP contribution in [0.2, 0.25) is 5.02 Å². The molecule has 94 valence electrons. The molecular formula is C15H15ClFN. The minimum atomic E-state index is -0.168. The van der Waals surface area contributed by atoms with E-state index in [4.69, 9.17) is 11.6 Å².